The molecule has 2 heterocycles. The average Bonchev–Trinajstić information content (AvgIpc) is 2.79. The van der Waals surface area contributed by atoms with Crippen molar-refractivity contribution in [2.75, 3.05) is 46.8 Å². The summed E-state index contributed by atoms with van der Waals surface area (Å²) in [6, 6.07) is 5.60. The van der Waals surface area contributed by atoms with E-state index in [2.05, 4.69) is 4.98 Å². The lowest BCUT2D eigenvalue weighted by Gasteiger charge is -2.23. The van der Waals surface area contributed by atoms with Crippen molar-refractivity contribution in [3.05, 3.63) is 46.5 Å². The predicted molar refractivity (Wildman–Crippen MR) is 142 cm³/mol. The molecular weight excluding hydrogens is 460 g/mol. The van der Waals surface area contributed by atoms with Gasteiger partial charge in [-0.1, -0.05) is 0 Å². The molecule has 0 spiro atoms. The number of fused-ring (bicyclic) bond motifs is 1. The molecule has 0 N–H and O–H groups in total. The Hall–Kier alpha value is -3.59. The first-order chi connectivity index (χ1) is 16.8. The lowest BCUT2D eigenvalue weighted by Crippen LogP contribution is -2.33. The second-order valence-corrected chi connectivity index (χ2v) is 10.1. The molecule has 0 bridgehead atoms. The molecule has 0 atom stereocenters. The number of ether oxygens (including phenoxy) is 3. The van der Waals surface area contributed by atoms with Crippen molar-refractivity contribution in [3.8, 4) is 22.6 Å². The Morgan fingerprint density at radius 1 is 1.03 bits per heavy atom. The highest BCUT2D eigenvalue weighted by Gasteiger charge is 2.20. The summed E-state index contributed by atoms with van der Waals surface area (Å²) in [5.41, 5.74) is 1.85. The highest BCUT2D eigenvalue weighted by molar-refractivity contribution is 5.97. The molecule has 0 aliphatic heterocycles. The van der Waals surface area contributed by atoms with Crippen LogP contribution in [0.15, 0.2) is 35.4 Å². The molecule has 0 amide bonds. The van der Waals surface area contributed by atoms with Gasteiger partial charge in [0.2, 0.25) is 0 Å². The van der Waals surface area contributed by atoms with Crippen LogP contribution in [-0.4, -0.2) is 67.9 Å². The molecule has 0 saturated carbocycles. The van der Waals surface area contributed by atoms with Gasteiger partial charge in [-0.15, -0.1) is 0 Å². The van der Waals surface area contributed by atoms with Gasteiger partial charge in [0, 0.05) is 44.0 Å². The van der Waals surface area contributed by atoms with E-state index < -0.39 is 5.60 Å². The zero-order chi connectivity index (χ0) is 26.8. The van der Waals surface area contributed by atoms with E-state index in [1.165, 1.54) is 0 Å². The molecule has 194 valence electrons. The summed E-state index contributed by atoms with van der Waals surface area (Å²) in [5, 5.41) is 1.18. The number of likely N-dealkylation sites (N-methyl/N-ethyl adjacent to an activating group) is 1. The molecule has 0 fully saturated rings. The van der Waals surface area contributed by atoms with Crippen LogP contribution in [0.25, 0.3) is 21.9 Å². The molecule has 1 aromatic carbocycles. The minimum Gasteiger partial charge on any atom is -0.496 e. The van der Waals surface area contributed by atoms with E-state index in [9.17, 15) is 9.59 Å². The largest absolute Gasteiger partial charge is 0.496 e. The second kappa shape index (κ2) is 10.6. The Bertz CT molecular complexity index is 1300. The van der Waals surface area contributed by atoms with Crippen molar-refractivity contribution in [1.29, 1.82) is 0 Å². The van der Waals surface area contributed by atoms with Gasteiger partial charge >= 0.3 is 5.97 Å². The lowest BCUT2D eigenvalue weighted by molar-refractivity contribution is -0.152. The van der Waals surface area contributed by atoms with Gasteiger partial charge in [0.05, 0.1) is 25.2 Å². The van der Waals surface area contributed by atoms with Crippen LogP contribution in [0.5, 0.6) is 11.5 Å². The van der Waals surface area contributed by atoms with Gasteiger partial charge in [0.25, 0.3) is 5.56 Å². The number of hydrogen-bond acceptors (Lipinski definition) is 8. The van der Waals surface area contributed by atoms with E-state index in [1.807, 2.05) is 51.9 Å². The molecular formula is C27H36N4O5. The highest BCUT2D eigenvalue weighted by atomic mass is 16.6. The first-order valence-corrected chi connectivity index (χ1v) is 11.7. The number of hydrogen-bond donors (Lipinski definition) is 0. The standard InChI is InChI=1S/C27H36N4O5/c1-27(2,3)36-25(32)16-30(6)24-12-18-19(13-28-24)20(15-31(7)26(18)33)17-10-22(34-8)21(14-29(4)5)23(11-17)35-9/h10-13,15H,14,16H2,1-9H3. The Morgan fingerprint density at radius 2 is 1.64 bits per heavy atom. The fraction of sp³-hybridized carbons (Fsp3) is 0.444. The van der Waals surface area contributed by atoms with Crippen LogP contribution in [0.2, 0.25) is 0 Å². The first-order valence-electron chi connectivity index (χ1n) is 11.7. The quantitative estimate of drug-likeness (QED) is 0.439. The van der Waals surface area contributed by atoms with Gasteiger partial charge in [-0.05, 0) is 58.6 Å². The Morgan fingerprint density at radius 3 is 2.17 bits per heavy atom. The molecule has 3 rings (SSSR count). The van der Waals surface area contributed by atoms with Crippen molar-refractivity contribution in [2.45, 2.75) is 32.9 Å². The third-order valence-corrected chi connectivity index (χ3v) is 5.62. The smallest absolute Gasteiger partial charge is 0.326 e. The topological polar surface area (TPSA) is 86.1 Å². The zero-order valence-electron chi connectivity index (χ0n) is 22.6. The molecule has 9 nitrogen and oxygen atoms in total. The summed E-state index contributed by atoms with van der Waals surface area (Å²) >= 11 is 0. The van der Waals surface area contributed by atoms with Gasteiger partial charge in [-0.2, -0.15) is 0 Å². The number of carbonyl (C=O) groups excluding carboxylic acids is 1. The maximum Gasteiger partial charge on any atom is 0.326 e. The van der Waals surface area contributed by atoms with Crippen LogP contribution >= 0.6 is 0 Å². The van der Waals surface area contributed by atoms with Crippen molar-refractivity contribution < 1.29 is 19.0 Å². The van der Waals surface area contributed by atoms with E-state index in [-0.39, 0.29) is 18.1 Å². The minimum atomic E-state index is -0.580. The van der Waals surface area contributed by atoms with Crippen LogP contribution in [0.3, 0.4) is 0 Å². The zero-order valence-corrected chi connectivity index (χ0v) is 22.6. The third kappa shape index (κ3) is 5.96. The lowest BCUT2D eigenvalue weighted by atomic mass is 9.99. The van der Waals surface area contributed by atoms with Crippen LogP contribution in [0.1, 0.15) is 26.3 Å². The first kappa shape index (κ1) is 27.0. The van der Waals surface area contributed by atoms with E-state index in [1.54, 1.807) is 56.2 Å². The second-order valence-electron chi connectivity index (χ2n) is 10.1. The normalized spacial score (nSPS) is 11.6. The Kier molecular flexibility index (Phi) is 7.93. The van der Waals surface area contributed by atoms with E-state index in [0.717, 1.165) is 16.7 Å². The SMILES string of the molecule is COc1cc(-c2cn(C)c(=O)c3cc(N(C)CC(=O)OC(C)(C)C)ncc23)cc(OC)c1CN(C)C. The fourth-order valence-corrected chi connectivity index (χ4v) is 4.05. The van der Waals surface area contributed by atoms with Crippen LogP contribution in [0, 0.1) is 0 Å². The summed E-state index contributed by atoms with van der Waals surface area (Å²) in [6.07, 6.45) is 3.45. The number of methoxy groups -OCH3 is 2. The molecule has 0 aliphatic carbocycles. The summed E-state index contributed by atoms with van der Waals surface area (Å²) in [6.45, 7) is 6.12. The van der Waals surface area contributed by atoms with Gasteiger partial charge in [0.15, 0.2) is 0 Å². The number of esters is 1. The van der Waals surface area contributed by atoms with Crippen molar-refractivity contribution in [1.82, 2.24) is 14.5 Å². The Labute approximate surface area is 212 Å². The predicted octanol–water partition coefficient (Wildman–Crippen LogP) is 3.46. The minimum absolute atomic E-state index is 0.0114. The number of aromatic nitrogens is 2. The van der Waals surface area contributed by atoms with Crippen LogP contribution < -0.4 is 19.9 Å². The van der Waals surface area contributed by atoms with Crippen molar-refractivity contribution in [2.24, 2.45) is 7.05 Å². The molecule has 9 heteroatoms. The van der Waals surface area contributed by atoms with Gasteiger partial charge in [0.1, 0.15) is 29.5 Å². The van der Waals surface area contributed by atoms with Crippen LogP contribution in [-0.2, 0) is 23.1 Å². The number of pyridine rings is 2. The van der Waals surface area contributed by atoms with Crippen LogP contribution in [0.4, 0.5) is 5.82 Å². The van der Waals surface area contributed by atoms with E-state index in [0.29, 0.717) is 34.6 Å². The summed E-state index contributed by atoms with van der Waals surface area (Å²) in [5.74, 6) is 1.52. The number of anilines is 1. The number of benzene rings is 1. The molecule has 0 radical (unpaired) electrons. The molecule has 3 aromatic rings. The van der Waals surface area contributed by atoms with Gasteiger partial charge in [-0.3, -0.25) is 9.59 Å². The molecule has 0 saturated heterocycles. The van der Waals surface area contributed by atoms with E-state index >= 15 is 0 Å². The average molecular weight is 497 g/mol. The third-order valence-electron chi connectivity index (χ3n) is 5.62. The summed E-state index contributed by atoms with van der Waals surface area (Å²) in [4.78, 5) is 33.7. The summed E-state index contributed by atoms with van der Waals surface area (Å²) in [7, 11) is 10.7. The number of rotatable bonds is 8. The van der Waals surface area contributed by atoms with E-state index in [4.69, 9.17) is 14.2 Å². The molecule has 2 aromatic heterocycles. The van der Waals surface area contributed by atoms with Crippen molar-refractivity contribution in [3.63, 3.8) is 0 Å². The highest BCUT2D eigenvalue weighted by Crippen LogP contribution is 2.37. The number of nitrogens with zero attached hydrogens (tertiary/aromatic N) is 4. The Balaban J connectivity index is 2.11. The number of carbonyl (C=O) groups is 1. The van der Waals surface area contributed by atoms with Crippen molar-refractivity contribution >= 4 is 22.6 Å². The molecule has 0 aliphatic rings. The maximum absolute atomic E-state index is 13.1. The monoisotopic (exact) mass is 496 g/mol. The van der Waals surface area contributed by atoms with Gasteiger partial charge in [-0.25, -0.2) is 4.98 Å². The maximum atomic E-state index is 13.1. The summed E-state index contributed by atoms with van der Waals surface area (Å²) < 4.78 is 18.4. The molecule has 0 unspecified atom stereocenters. The van der Waals surface area contributed by atoms with Gasteiger partial charge < -0.3 is 28.6 Å². The molecule has 36 heavy (non-hydrogen) atoms. The number of aryl methyl sites for hydroxylation is 1. The fourth-order valence-electron chi connectivity index (χ4n) is 4.05.